The van der Waals surface area contributed by atoms with Gasteiger partial charge >= 0.3 is 0 Å². The Morgan fingerprint density at radius 2 is 2.00 bits per heavy atom. The van der Waals surface area contributed by atoms with E-state index in [1.165, 1.54) is 0 Å². The molecule has 0 atom stereocenters. The smallest absolute Gasteiger partial charge is 0.169 e. The van der Waals surface area contributed by atoms with Gasteiger partial charge in [0.05, 0.1) is 5.02 Å². The number of halogens is 1. The van der Waals surface area contributed by atoms with Crippen molar-refractivity contribution in [3.8, 4) is 0 Å². The fraction of sp³-hybridized carbons (Fsp3) is 0.118. The van der Waals surface area contributed by atoms with E-state index in [4.69, 9.17) is 11.6 Å². The first-order chi connectivity index (χ1) is 9.65. The molecule has 100 valence electrons. The molecule has 2 aromatic carbocycles. The maximum atomic E-state index is 12.5. The average molecular weight is 284 g/mol. The lowest BCUT2D eigenvalue weighted by molar-refractivity contribution is 0.0994. The molecule has 3 aromatic rings. The second kappa shape index (κ2) is 5.14. The van der Waals surface area contributed by atoms with Crippen LogP contribution in [0.4, 0.5) is 0 Å². The molecule has 0 fully saturated rings. The predicted molar refractivity (Wildman–Crippen MR) is 82.5 cm³/mol. The molecule has 0 saturated heterocycles. The summed E-state index contributed by atoms with van der Waals surface area (Å²) in [6.07, 6.45) is 2.13. The highest BCUT2D eigenvalue weighted by molar-refractivity contribution is 6.36. The molecule has 1 aromatic heterocycles. The minimum Gasteiger partial charge on any atom is -0.360 e. The van der Waals surface area contributed by atoms with Crippen molar-refractivity contribution < 1.29 is 4.79 Å². The molecule has 20 heavy (non-hydrogen) atoms. The zero-order valence-corrected chi connectivity index (χ0v) is 11.9. The van der Waals surface area contributed by atoms with E-state index in [1.54, 1.807) is 12.3 Å². The molecular formula is C17H14ClNO. The summed E-state index contributed by atoms with van der Waals surface area (Å²) in [5.41, 5.74) is 3.74. The molecule has 3 rings (SSSR count). The quantitative estimate of drug-likeness (QED) is 0.703. The highest BCUT2D eigenvalue weighted by atomic mass is 35.5. The van der Waals surface area contributed by atoms with Gasteiger partial charge in [0.2, 0.25) is 0 Å². The number of aryl methyl sites for hydroxylation is 1. The fourth-order valence-electron chi connectivity index (χ4n) is 2.46. The van der Waals surface area contributed by atoms with E-state index in [-0.39, 0.29) is 5.78 Å². The average Bonchev–Trinajstić information content (AvgIpc) is 2.84. The van der Waals surface area contributed by atoms with Gasteiger partial charge in [-0.2, -0.15) is 0 Å². The molecule has 1 N–H and O–H groups in total. The molecule has 0 aliphatic carbocycles. The predicted octanol–water partition coefficient (Wildman–Crippen LogP) is 4.56. The monoisotopic (exact) mass is 283 g/mol. The van der Waals surface area contributed by atoms with Gasteiger partial charge in [-0.25, -0.2) is 0 Å². The van der Waals surface area contributed by atoms with E-state index >= 15 is 0 Å². The second-order valence-corrected chi connectivity index (χ2v) is 5.36. The summed E-state index contributed by atoms with van der Waals surface area (Å²) in [5.74, 6) is 0.0787. The van der Waals surface area contributed by atoms with Crippen LogP contribution in [0.5, 0.6) is 0 Å². The van der Waals surface area contributed by atoms with Crippen molar-refractivity contribution in [2.45, 2.75) is 13.3 Å². The van der Waals surface area contributed by atoms with Crippen LogP contribution in [-0.4, -0.2) is 10.8 Å². The number of aromatic amines is 1. The highest BCUT2D eigenvalue weighted by Gasteiger charge is 2.14. The number of carbonyl (C=O) groups is 1. The van der Waals surface area contributed by atoms with Gasteiger partial charge in [-0.05, 0) is 24.6 Å². The summed E-state index contributed by atoms with van der Waals surface area (Å²) >= 11 is 6.20. The molecule has 0 aliphatic heterocycles. The van der Waals surface area contributed by atoms with E-state index in [9.17, 15) is 4.79 Å². The number of fused-ring (bicyclic) bond motifs is 1. The third-order valence-electron chi connectivity index (χ3n) is 3.40. The number of H-pyrrole nitrogens is 1. The molecular weight excluding hydrogens is 270 g/mol. The molecule has 2 nitrogen and oxygen atoms in total. The van der Waals surface area contributed by atoms with Crippen LogP contribution in [0, 0.1) is 6.92 Å². The maximum Gasteiger partial charge on any atom is 0.169 e. The number of aromatic nitrogens is 1. The third kappa shape index (κ3) is 2.35. The summed E-state index contributed by atoms with van der Waals surface area (Å²) in [7, 11) is 0. The van der Waals surface area contributed by atoms with Crippen LogP contribution < -0.4 is 0 Å². The molecule has 0 radical (unpaired) electrons. The Balaban J connectivity index is 1.97. The normalized spacial score (nSPS) is 10.9. The van der Waals surface area contributed by atoms with E-state index < -0.39 is 0 Å². The fourth-order valence-corrected chi connectivity index (χ4v) is 2.74. The van der Waals surface area contributed by atoms with Gasteiger partial charge in [0.15, 0.2) is 5.78 Å². The Morgan fingerprint density at radius 1 is 1.20 bits per heavy atom. The number of ketones is 1. The lowest BCUT2D eigenvalue weighted by Gasteiger charge is -2.03. The summed E-state index contributed by atoms with van der Waals surface area (Å²) in [6, 6.07) is 13.6. The van der Waals surface area contributed by atoms with Crippen LogP contribution in [0.1, 0.15) is 21.5 Å². The molecule has 3 heteroatoms. The SMILES string of the molecule is Cc1cccc(CC(=O)c2c[nH]c3cccc(Cl)c23)c1. The molecule has 0 unspecified atom stereocenters. The maximum absolute atomic E-state index is 12.5. The van der Waals surface area contributed by atoms with E-state index in [2.05, 4.69) is 4.98 Å². The zero-order chi connectivity index (χ0) is 14.1. The van der Waals surface area contributed by atoms with Crippen molar-refractivity contribution in [3.05, 3.63) is 70.4 Å². The number of carbonyl (C=O) groups excluding carboxylic acids is 1. The van der Waals surface area contributed by atoms with Crippen molar-refractivity contribution in [3.63, 3.8) is 0 Å². The Kier molecular flexibility index (Phi) is 3.33. The van der Waals surface area contributed by atoms with Crippen LogP contribution in [-0.2, 0) is 6.42 Å². The van der Waals surface area contributed by atoms with Gasteiger partial charge < -0.3 is 4.98 Å². The number of hydrogen-bond donors (Lipinski definition) is 1. The largest absolute Gasteiger partial charge is 0.360 e. The van der Waals surface area contributed by atoms with E-state index in [0.29, 0.717) is 17.0 Å². The van der Waals surface area contributed by atoms with Crippen LogP contribution in [0.25, 0.3) is 10.9 Å². The van der Waals surface area contributed by atoms with Crippen LogP contribution in [0.2, 0.25) is 5.02 Å². The van der Waals surface area contributed by atoms with Crippen molar-refractivity contribution >= 4 is 28.3 Å². The molecule has 0 amide bonds. The number of nitrogens with one attached hydrogen (secondary N) is 1. The van der Waals surface area contributed by atoms with Gasteiger partial charge in [-0.15, -0.1) is 0 Å². The number of Topliss-reactive ketones (excluding diaryl/α,β-unsaturated/α-hetero) is 1. The van der Waals surface area contributed by atoms with Gasteiger partial charge in [0.1, 0.15) is 0 Å². The van der Waals surface area contributed by atoms with Crippen molar-refractivity contribution in [2.24, 2.45) is 0 Å². The van der Waals surface area contributed by atoms with Crippen molar-refractivity contribution in [1.82, 2.24) is 4.98 Å². The number of hydrogen-bond acceptors (Lipinski definition) is 1. The molecule has 0 aliphatic rings. The zero-order valence-electron chi connectivity index (χ0n) is 11.1. The first-order valence-electron chi connectivity index (χ1n) is 6.49. The Bertz CT molecular complexity index is 789. The van der Waals surface area contributed by atoms with Crippen molar-refractivity contribution in [1.29, 1.82) is 0 Å². The van der Waals surface area contributed by atoms with Crippen LogP contribution in [0.15, 0.2) is 48.7 Å². The van der Waals surface area contributed by atoms with Crippen LogP contribution in [0.3, 0.4) is 0 Å². The first kappa shape index (κ1) is 12.9. The lowest BCUT2D eigenvalue weighted by Crippen LogP contribution is -2.03. The summed E-state index contributed by atoms with van der Waals surface area (Å²) in [4.78, 5) is 15.6. The van der Waals surface area contributed by atoms with Gasteiger partial charge in [0, 0.05) is 29.1 Å². The molecule has 0 spiro atoms. The van der Waals surface area contributed by atoms with Gasteiger partial charge in [-0.1, -0.05) is 47.5 Å². The highest BCUT2D eigenvalue weighted by Crippen LogP contribution is 2.27. The topological polar surface area (TPSA) is 32.9 Å². The molecule has 1 heterocycles. The molecule has 0 saturated carbocycles. The molecule has 0 bridgehead atoms. The number of rotatable bonds is 3. The van der Waals surface area contributed by atoms with Gasteiger partial charge in [0.25, 0.3) is 0 Å². The summed E-state index contributed by atoms with van der Waals surface area (Å²) in [6.45, 7) is 2.02. The van der Waals surface area contributed by atoms with Crippen molar-refractivity contribution in [2.75, 3.05) is 0 Å². The van der Waals surface area contributed by atoms with E-state index in [1.807, 2.05) is 43.3 Å². The Labute approximate surface area is 122 Å². The standard InChI is InChI=1S/C17H14ClNO/c1-11-4-2-5-12(8-11)9-16(20)13-10-19-15-7-3-6-14(18)17(13)15/h2-8,10,19H,9H2,1H3. The third-order valence-corrected chi connectivity index (χ3v) is 3.72. The summed E-state index contributed by atoms with van der Waals surface area (Å²) < 4.78 is 0. The second-order valence-electron chi connectivity index (χ2n) is 4.95. The van der Waals surface area contributed by atoms with Crippen LogP contribution >= 0.6 is 11.6 Å². The van der Waals surface area contributed by atoms with E-state index in [0.717, 1.165) is 22.0 Å². The first-order valence-corrected chi connectivity index (χ1v) is 6.87. The van der Waals surface area contributed by atoms with Gasteiger partial charge in [-0.3, -0.25) is 4.79 Å². The minimum absolute atomic E-state index is 0.0787. The summed E-state index contributed by atoms with van der Waals surface area (Å²) in [5, 5.41) is 1.42. The number of benzene rings is 2. The minimum atomic E-state index is 0.0787. The Morgan fingerprint density at radius 3 is 2.80 bits per heavy atom. The lowest BCUT2D eigenvalue weighted by atomic mass is 10.0. The Hall–Kier alpha value is -2.06.